The van der Waals surface area contributed by atoms with Crippen LogP contribution in [0.4, 0.5) is 5.69 Å². The van der Waals surface area contributed by atoms with Crippen molar-refractivity contribution < 1.29 is 19.0 Å². The van der Waals surface area contributed by atoms with Crippen LogP contribution in [0.5, 0.6) is 17.2 Å². The Kier molecular flexibility index (Phi) is 4.44. The highest BCUT2D eigenvalue weighted by molar-refractivity contribution is 6.02. The molecule has 3 rings (SSSR count). The van der Waals surface area contributed by atoms with E-state index in [1.807, 2.05) is 25.1 Å². The van der Waals surface area contributed by atoms with Gasteiger partial charge in [-0.15, -0.1) is 0 Å². The Hall–Kier alpha value is -2.89. The molecule has 1 aliphatic rings. The molecule has 0 bridgehead atoms. The fourth-order valence-electron chi connectivity index (χ4n) is 3.11. The van der Waals surface area contributed by atoms with Crippen molar-refractivity contribution in [2.75, 3.05) is 33.7 Å². The molecule has 0 saturated heterocycles. The van der Waals surface area contributed by atoms with Crippen molar-refractivity contribution in [3.05, 3.63) is 47.0 Å². The predicted molar refractivity (Wildman–Crippen MR) is 95.7 cm³/mol. The molecule has 0 saturated carbocycles. The zero-order valence-electron chi connectivity index (χ0n) is 15.0. The van der Waals surface area contributed by atoms with Gasteiger partial charge in [0.05, 0.1) is 32.6 Å². The van der Waals surface area contributed by atoms with Gasteiger partial charge in [0.2, 0.25) is 0 Å². The van der Waals surface area contributed by atoms with E-state index in [1.54, 1.807) is 45.4 Å². The van der Waals surface area contributed by atoms with Gasteiger partial charge in [-0.1, -0.05) is 6.07 Å². The summed E-state index contributed by atoms with van der Waals surface area (Å²) in [5, 5.41) is 3.41. The van der Waals surface area contributed by atoms with Crippen molar-refractivity contribution in [1.29, 1.82) is 0 Å². The number of rotatable bonds is 4. The lowest BCUT2D eigenvalue weighted by atomic mass is 10.0. The van der Waals surface area contributed by atoms with Gasteiger partial charge >= 0.3 is 0 Å². The number of fused-ring (bicyclic) bond motifs is 1. The summed E-state index contributed by atoms with van der Waals surface area (Å²) in [6, 6.07) is 9.39. The van der Waals surface area contributed by atoms with Crippen LogP contribution in [0.1, 0.15) is 27.7 Å². The molecule has 1 amide bonds. The van der Waals surface area contributed by atoms with Crippen molar-refractivity contribution in [2.24, 2.45) is 0 Å². The van der Waals surface area contributed by atoms with Crippen LogP contribution in [-0.4, -0.2) is 39.2 Å². The number of carbonyl (C=O) groups is 1. The second kappa shape index (κ2) is 6.55. The van der Waals surface area contributed by atoms with E-state index < -0.39 is 0 Å². The van der Waals surface area contributed by atoms with Crippen LogP contribution in [0, 0.1) is 6.92 Å². The number of carbonyl (C=O) groups excluding carboxylic acids is 1. The van der Waals surface area contributed by atoms with Gasteiger partial charge in [0.1, 0.15) is 11.9 Å². The van der Waals surface area contributed by atoms with Crippen LogP contribution in [0.25, 0.3) is 0 Å². The zero-order chi connectivity index (χ0) is 18.1. The topological polar surface area (TPSA) is 60.0 Å². The van der Waals surface area contributed by atoms with Gasteiger partial charge in [0, 0.05) is 13.1 Å². The van der Waals surface area contributed by atoms with Crippen LogP contribution in [-0.2, 0) is 0 Å². The lowest BCUT2D eigenvalue weighted by Gasteiger charge is -2.36. The Bertz CT molecular complexity index is 819. The first-order valence-corrected chi connectivity index (χ1v) is 7.94. The highest BCUT2D eigenvalue weighted by Crippen LogP contribution is 2.39. The first-order valence-electron chi connectivity index (χ1n) is 7.94. The molecule has 132 valence electrons. The van der Waals surface area contributed by atoms with E-state index in [9.17, 15) is 4.79 Å². The monoisotopic (exact) mass is 342 g/mol. The van der Waals surface area contributed by atoms with E-state index in [1.165, 1.54) is 0 Å². The molecule has 0 aliphatic carbocycles. The zero-order valence-corrected chi connectivity index (χ0v) is 15.0. The van der Waals surface area contributed by atoms with E-state index in [-0.39, 0.29) is 12.1 Å². The number of amides is 1. The third kappa shape index (κ3) is 2.84. The molecule has 1 N–H and O–H groups in total. The highest BCUT2D eigenvalue weighted by atomic mass is 16.5. The minimum Gasteiger partial charge on any atom is -0.496 e. The number of methoxy groups -OCH3 is 3. The number of anilines is 1. The molecular weight excluding hydrogens is 320 g/mol. The van der Waals surface area contributed by atoms with Crippen molar-refractivity contribution in [2.45, 2.75) is 13.1 Å². The van der Waals surface area contributed by atoms with E-state index >= 15 is 0 Å². The number of hydrogen-bond acceptors (Lipinski definition) is 5. The molecule has 0 spiro atoms. The standard InChI is InChI=1S/C19H22N2O4/c1-11-8-12(6-7-15(11)23-3)18-20-14-10-17(25-5)16(24-4)9-13(14)19(22)21(18)2/h6-10,18,20H,1-5H3/t18-/m0/s1. The van der Waals surface area contributed by atoms with Gasteiger partial charge < -0.3 is 24.4 Å². The third-order valence-electron chi connectivity index (χ3n) is 4.49. The summed E-state index contributed by atoms with van der Waals surface area (Å²) in [7, 11) is 6.55. The normalized spacial score (nSPS) is 16.1. The van der Waals surface area contributed by atoms with Gasteiger partial charge in [0.15, 0.2) is 11.5 Å². The van der Waals surface area contributed by atoms with Gasteiger partial charge in [-0.2, -0.15) is 0 Å². The van der Waals surface area contributed by atoms with Crippen LogP contribution in [0.2, 0.25) is 0 Å². The van der Waals surface area contributed by atoms with Gasteiger partial charge in [-0.3, -0.25) is 4.79 Å². The molecule has 2 aromatic carbocycles. The summed E-state index contributed by atoms with van der Waals surface area (Å²) in [6.45, 7) is 1.98. The molecule has 0 fully saturated rings. The lowest BCUT2D eigenvalue weighted by Crippen LogP contribution is -2.40. The number of nitrogens with zero attached hydrogens (tertiary/aromatic N) is 1. The van der Waals surface area contributed by atoms with Crippen LogP contribution >= 0.6 is 0 Å². The average Bonchev–Trinajstić information content (AvgIpc) is 2.63. The summed E-state index contributed by atoms with van der Waals surface area (Å²) >= 11 is 0. The molecule has 2 aromatic rings. The SMILES string of the molecule is COc1ccc([C@H]2Nc3cc(OC)c(OC)cc3C(=O)N2C)cc1C. The molecule has 0 radical (unpaired) electrons. The Morgan fingerprint density at radius 3 is 2.20 bits per heavy atom. The molecule has 0 unspecified atom stereocenters. The first kappa shape index (κ1) is 17.0. The van der Waals surface area contributed by atoms with E-state index in [0.29, 0.717) is 17.1 Å². The summed E-state index contributed by atoms with van der Waals surface area (Å²) < 4.78 is 16.0. The average molecular weight is 342 g/mol. The van der Waals surface area contributed by atoms with Crippen molar-refractivity contribution in [1.82, 2.24) is 4.90 Å². The molecule has 1 heterocycles. The molecular formula is C19H22N2O4. The van der Waals surface area contributed by atoms with Crippen molar-refractivity contribution in [3.8, 4) is 17.2 Å². The molecule has 25 heavy (non-hydrogen) atoms. The van der Waals surface area contributed by atoms with Gasteiger partial charge in [0.25, 0.3) is 5.91 Å². The Morgan fingerprint density at radius 1 is 0.960 bits per heavy atom. The molecule has 0 aromatic heterocycles. The van der Waals surface area contributed by atoms with E-state index in [0.717, 1.165) is 22.6 Å². The van der Waals surface area contributed by atoms with Crippen molar-refractivity contribution >= 4 is 11.6 Å². The third-order valence-corrected chi connectivity index (χ3v) is 4.49. The minimum absolute atomic E-state index is 0.0758. The fraction of sp³-hybridized carbons (Fsp3) is 0.316. The Morgan fingerprint density at radius 2 is 1.60 bits per heavy atom. The van der Waals surface area contributed by atoms with Crippen LogP contribution < -0.4 is 19.5 Å². The molecule has 6 nitrogen and oxygen atoms in total. The molecule has 6 heteroatoms. The Balaban J connectivity index is 2.03. The second-order valence-electron chi connectivity index (χ2n) is 5.94. The number of ether oxygens (including phenoxy) is 3. The summed E-state index contributed by atoms with van der Waals surface area (Å²) in [4.78, 5) is 14.5. The van der Waals surface area contributed by atoms with Crippen LogP contribution in [0.15, 0.2) is 30.3 Å². The van der Waals surface area contributed by atoms with Gasteiger partial charge in [-0.25, -0.2) is 0 Å². The summed E-state index contributed by atoms with van der Waals surface area (Å²) in [5.74, 6) is 1.85. The summed E-state index contributed by atoms with van der Waals surface area (Å²) in [6.07, 6.45) is -0.275. The minimum atomic E-state index is -0.275. The van der Waals surface area contributed by atoms with Crippen LogP contribution in [0.3, 0.4) is 0 Å². The molecule has 1 aliphatic heterocycles. The second-order valence-corrected chi connectivity index (χ2v) is 5.94. The largest absolute Gasteiger partial charge is 0.496 e. The maximum atomic E-state index is 12.8. The number of benzene rings is 2. The summed E-state index contributed by atoms with van der Waals surface area (Å²) in [5.41, 5.74) is 3.27. The quantitative estimate of drug-likeness (QED) is 0.924. The van der Waals surface area contributed by atoms with Gasteiger partial charge in [-0.05, 0) is 36.2 Å². The first-order chi connectivity index (χ1) is 12.0. The van der Waals surface area contributed by atoms with Crippen molar-refractivity contribution in [3.63, 3.8) is 0 Å². The molecule has 1 atom stereocenters. The lowest BCUT2D eigenvalue weighted by molar-refractivity contribution is 0.0735. The number of hydrogen-bond donors (Lipinski definition) is 1. The number of aryl methyl sites for hydroxylation is 1. The maximum absolute atomic E-state index is 12.8. The smallest absolute Gasteiger partial charge is 0.257 e. The number of nitrogens with one attached hydrogen (secondary N) is 1. The van der Waals surface area contributed by atoms with E-state index in [4.69, 9.17) is 14.2 Å². The fourth-order valence-corrected chi connectivity index (χ4v) is 3.11. The van der Waals surface area contributed by atoms with E-state index in [2.05, 4.69) is 5.32 Å². The highest BCUT2D eigenvalue weighted by Gasteiger charge is 2.32. The predicted octanol–water partition coefficient (Wildman–Crippen LogP) is 3.22. The maximum Gasteiger partial charge on any atom is 0.257 e. The Labute approximate surface area is 147 Å².